The Balaban J connectivity index is 1.09. The highest BCUT2D eigenvalue weighted by atomic mass is 14.7. The molecule has 8 aromatic carbocycles. The Hall–Kier alpha value is -6.64. The second-order valence-electron chi connectivity index (χ2n) is 14.3. The van der Waals surface area contributed by atoms with Crippen LogP contribution in [0.2, 0.25) is 0 Å². The van der Waals surface area contributed by atoms with Crippen LogP contribution < -0.4 is 0 Å². The molecule has 0 fully saturated rings. The number of allylic oxidation sites excluding steroid dienone is 1. The SMILES string of the molecule is CC1(C)c2cccc(-c3ccc(-c4ccc(C=N/C(=C\C(=N)c5ccccc5)c5ccccc5)c5ccccc45)cc3)c2-c2c1ccc1ccccc21. The number of aliphatic imine (C=N–C) groups is 1. The highest BCUT2D eigenvalue weighted by molar-refractivity contribution is 6.12. The van der Waals surface area contributed by atoms with Gasteiger partial charge in [0.2, 0.25) is 0 Å². The normalized spacial score (nSPS) is 13.4. The highest BCUT2D eigenvalue weighted by Crippen LogP contribution is 2.54. The molecule has 1 N–H and O–H groups in total. The Morgan fingerprint density at radius 1 is 0.491 bits per heavy atom. The van der Waals surface area contributed by atoms with Gasteiger partial charge >= 0.3 is 0 Å². The number of nitrogens with one attached hydrogen (secondary N) is 1. The van der Waals surface area contributed by atoms with E-state index in [9.17, 15) is 0 Å². The summed E-state index contributed by atoms with van der Waals surface area (Å²) >= 11 is 0. The lowest BCUT2D eigenvalue weighted by Gasteiger charge is -2.21. The van der Waals surface area contributed by atoms with E-state index in [2.05, 4.69) is 129 Å². The molecule has 0 saturated carbocycles. The van der Waals surface area contributed by atoms with E-state index in [0.29, 0.717) is 5.71 Å². The van der Waals surface area contributed by atoms with E-state index >= 15 is 0 Å². The van der Waals surface area contributed by atoms with Crippen LogP contribution in [0.1, 0.15) is 41.7 Å². The van der Waals surface area contributed by atoms with E-state index in [-0.39, 0.29) is 5.41 Å². The van der Waals surface area contributed by atoms with Crippen molar-refractivity contribution in [1.82, 2.24) is 0 Å². The number of hydrogen-bond acceptors (Lipinski definition) is 2. The third-order valence-corrected chi connectivity index (χ3v) is 10.8. The Morgan fingerprint density at radius 2 is 1.09 bits per heavy atom. The first-order chi connectivity index (χ1) is 26.0. The van der Waals surface area contributed by atoms with Gasteiger partial charge in [-0.05, 0) is 77.7 Å². The lowest BCUT2D eigenvalue weighted by Crippen LogP contribution is -2.14. The summed E-state index contributed by atoms with van der Waals surface area (Å²) in [5.74, 6) is 0. The molecule has 9 rings (SSSR count). The lowest BCUT2D eigenvalue weighted by molar-refractivity contribution is 0.661. The first kappa shape index (κ1) is 32.3. The molecule has 0 atom stereocenters. The molecule has 0 amide bonds. The first-order valence-corrected chi connectivity index (χ1v) is 18.2. The van der Waals surface area contributed by atoms with Gasteiger partial charge in [-0.15, -0.1) is 0 Å². The zero-order chi connectivity index (χ0) is 35.9. The van der Waals surface area contributed by atoms with Crippen molar-refractivity contribution in [3.63, 3.8) is 0 Å². The highest BCUT2D eigenvalue weighted by Gasteiger charge is 2.37. The largest absolute Gasteiger partial charge is 0.300 e. The number of rotatable bonds is 7. The van der Waals surface area contributed by atoms with Crippen molar-refractivity contribution < 1.29 is 0 Å². The van der Waals surface area contributed by atoms with Crippen LogP contribution in [-0.4, -0.2) is 11.9 Å². The number of benzene rings is 8. The third kappa shape index (κ3) is 5.70. The summed E-state index contributed by atoms with van der Waals surface area (Å²) in [6, 6.07) is 62.1. The van der Waals surface area contributed by atoms with E-state index in [1.54, 1.807) is 0 Å². The molecule has 1 aliphatic carbocycles. The molecule has 0 unspecified atom stereocenters. The van der Waals surface area contributed by atoms with Gasteiger partial charge in [0.1, 0.15) is 0 Å². The van der Waals surface area contributed by atoms with Gasteiger partial charge in [-0.3, -0.25) is 4.99 Å². The average Bonchev–Trinajstić information content (AvgIpc) is 3.46. The molecule has 0 aliphatic heterocycles. The van der Waals surface area contributed by atoms with Crippen molar-refractivity contribution in [3.8, 4) is 33.4 Å². The number of fused-ring (bicyclic) bond motifs is 6. The first-order valence-electron chi connectivity index (χ1n) is 18.2. The van der Waals surface area contributed by atoms with Gasteiger partial charge in [-0.1, -0.05) is 190 Å². The minimum absolute atomic E-state index is 0.0735. The van der Waals surface area contributed by atoms with Crippen LogP contribution in [0.4, 0.5) is 0 Å². The molecule has 0 aromatic heterocycles. The van der Waals surface area contributed by atoms with Crippen molar-refractivity contribution in [3.05, 3.63) is 210 Å². The predicted molar refractivity (Wildman–Crippen MR) is 225 cm³/mol. The summed E-state index contributed by atoms with van der Waals surface area (Å²) < 4.78 is 0. The monoisotopic (exact) mass is 678 g/mol. The van der Waals surface area contributed by atoms with Crippen LogP contribution in [0.25, 0.3) is 60.6 Å². The molecular weight excluding hydrogens is 641 g/mol. The van der Waals surface area contributed by atoms with E-state index in [0.717, 1.165) is 27.8 Å². The maximum absolute atomic E-state index is 8.78. The van der Waals surface area contributed by atoms with Gasteiger partial charge in [0.25, 0.3) is 0 Å². The van der Waals surface area contributed by atoms with Gasteiger partial charge in [-0.2, -0.15) is 0 Å². The topological polar surface area (TPSA) is 36.2 Å². The van der Waals surface area contributed by atoms with Crippen molar-refractivity contribution in [2.45, 2.75) is 19.3 Å². The van der Waals surface area contributed by atoms with Crippen molar-refractivity contribution >= 4 is 39.2 Å². The Labute approximate surface area is 311 Å². The van der Waals surface area contributed by atoms with E-state index in [1.165, 1.54) is 60.7 Å². The third-order valence-electron chi connectivity index (χ3n) is 10.8. The summed E-state index contributed by atoms with van der Waals surface area (Å²) in [5, 5.41) is 13.7. The number of nitrogens with zero attached hydrogens (tertiary/aromatic N) is 1. The zero-order valence-electron chi connectivity index (χ0n) is 29.8. The van der Waals surface area contributed by atoms with Crippen LogP contribution in [0.15, 0.2) is 187 Å². The summed E-state index contributed by atoms with van der Waals surface area (Å²) in [4.78, 5) is 5.00. The van der Waals surface area contributed by atoms with Gasteiger partial charge in [0.05, 0.1) is 11.4 Å². The molecule has 0 heterocycles. The van der Waals surface area contributed by atoms with E-state index in [1.807, 2.05) is 73.0 Å². The smallest absolute Gasteiger partial charge is 0.0723 e. The zero-order valence-corrected chi connectivity index (χ0v) is 29.8. The van der Waals surface area contributed by atoms with Crippen molar-refractivity contribution in [2.24, 2.45) is 4.99 Å². The number of hydrogen-bond donors (Lipinski definition) is 1. The molecule has 0 spiro atoms. The van der Waals surface area contributed by atoms with Crippen LogP contribution in [-0.2, 0) is 5.41 Å². The maximum atomic E-state index is 8.78. The average molecular weight is 679 g/mol. The fourth-order valence-electron chi connectivity index (χ4n) is 8.09. The fraction of sp³-hybridized carbons (Fsp3) is 0.0588. The molecule has 8 aromatic rings. The second-order valence-corrected chi connectivity index (χ2v) is 14.3. The summed E-state index contributed by atoms with van der Waals surface area (Å²) in [6.07, 6.45) is 3.79. The van der Waals surface area contributed by atoms with Crippen LogP contribution in [0.3, 0.4) is 0 Å². The Morgan fingerprint density at radius 3 is 1.83 bits per heavy atom. The molecular formula is C51H38N2. The van der Waals surface area contributed by atoms with Crippen LogP contribution in [0, 0.1) is 5.41 Å². The standard InChI is InChI=1S/C51H38N2/c1-51(2)45-23-13-22-43(49(45)50-42-20-10-9-14-34(42)29-31-46(50)51)36-26-24-35(25-27-36)41-30-28-39(40-19-11-12-21-44(40)41)33-53-48(38-17-7-4-8-18-38)32-47(52)37-15-5-3-6-16-37/h3-33,52H,1-2H3/b48-32-,52-47?,53-33?. The minimum Gasteiger partial charge on any atom is -0.300 e. The van der Waals surface area contributed by atoms with Gasteiger partial charge in [0, 0.05) is 22.8 Å². The van der Waals surface area contributed by atoms with Crippen molar-refractivity contribution in [2.75, 3.05) is 0 Å². The Kier molecular flexibility index (Phi) is 8.01. The van der Waals surface area contributed by atoms with Gasteiger partial charge in [0.15, 0.2) is 0 Å². The summed E-state index contributed by atoms with van der Waals surface area (Å²) in [6.45, 7) is 4.71. The molecule has 1 aliphatic rings. The van der Waals surface area contributed by atoms with Gasteiger partial charge in [-0.25, -0.2) is 0 Å². The molecule has 252 valence electrons. The fourth-order valence-corrected chi connectivity index (χ4v) is 8.09. The summed E-state index contributed by atoms with van der Waals surface area (Å²) in [5.41, 5.74) is 14.3. The lowest BCUT2D eigenvalue weighted by atomic mass is 9.81. The molecule has 53 heavy (non-hydrogen) atoms. The van der Waals surface area contributed by atoms with E-state index < -0.39 is 0 Å². The maximum Gasteiger partial charge on any atom is 0.0723 e. The van der Waals surface area contributed by atoms with Gasteiger partial charge < -0.3 is 5.41 Å². The minimum atomic E-state index is -0.0735. The quantitative estimate of drug-likeness (QED) is 0.163. The molecule has 0 radical (unpaired) electrons. The predicted octanol–water partition coefficient (Wildman–Crippen LogP) is 13.2. The van der Waals surface area contributed by atoms with Crippen molar-refractivity contribution in [1.29, 1.82) is 5.41 Å². The molecule has 0 bridgehead atoms. The molecule has 0 saturated heterocycles. The Bertz CT molecular complexity index is 2730. The second kappa shape index (κ2) is 13.2. The van der Waals surface area contributed by atoms with Crippen LogP contribution >= 0.6 is 0 Å². The summed E-state index contributed by atoms with van der Waals surface area (Å²) in [7, 11) is 0. The molecule has 2 nitrogen and oxygen atoms in total. The van der Waals surface area contributed by atoms with E-state index in [4.69, 9.17) is 10.4 Å². The molecule has 2 heteroatoms. The van der Waals surface area contributed by atoms with Crippen LogP contribution in [0.5, 0.6) is 0 Å².